The van der Waals surface area contributed by atoms with Crippen molar-refractivity contribution in [3.05, 3.63) is 0 Å². The van der Waals surface area contributed by atoms with E-state index in [0.29, 0.717) is 0 Å². The molecule has 0 fully saturated rings. The Morgan fingerprint density at radius 2 is 2.00 bits per heavy atom. The van der Waals surface area contributed by atoms with E-state index >= 15 is 0 Å². The van der Waals surface area contributed by atoms with Crippen molar-refractivity contribution < 1.29 is 27.9 Å². The van der Waals surface area contributed by atoms with Gasteiger partial charge in [0.1, 0.15) is 0 Å². The summed E-state index contributed by atoms with van der Waals surface area (Å²) in [5.41, 5.74) is 0. The number of rotatable bonds is 8. The molecular formula is C9H17NO6S. The second kappa shape index (κ2) is 7.23. The Hall–Kier alpha value is -1.15. The minimum atomic E-state index is -3.74. The second-order valence-corrected chi connectivity index (χ2v) is 5.29. The fraction of sp³-hybridized carbons (Fsp3) is 0.778. The zero-order valence-electron chi connectivity index (χ0n) is 9.80. The maximum atomic E-state index is 11.3. The molecule has 0 aromatic carbocycles. The molecule has 1 unspecified atom stereocenters. The number of nitrogens with one attached hydrogen (secondary N) is 1. The normalized spacial score (nSPS) is 13.1. The number of esters is 1. The van der Waals surface area contributed by atoms with Crippen LogP contribution in [-0.2, 0) is 24.3 Å². The lowest BCUT2D eigenvalue weighted by molar-refractivity contribution is -0.141. The van der Waals surface area contributed by atoms with Gasteiger partial charge in [0, 0.05) is 6.54 Å². The molecule has 0 spiro atoms. The van der Waals surface area contributed by atoms with Gasteiger partial charge >= 0.3 is 11.9 Å². The molecule has 1 atom stereocenters. The zero-order chi connectivity index (χ0) is 13.5. The first kappa shape index (κ1) is 15.9. The van der Waals surface area contributed by atoms with Crippen molar-refractivity contribution in [1.82, 2.24) is 4.72 Å². The van der Waals surface area contributed by atoms with Crippen LogP contribution in [-0.4, -0.2) is 44.4 Å². The van der Waals surface area contributed by atoms with Gasteiger partial charge < -0.3 is 9.84 Å². The molecule has 2 N–H and O–H groups in total. The van der Waals surface area contributed by atoms with Gasteiger partial charge in [0.05, 0.1) is 12.5 Å². The first-order valence-electron chi connectivity index (χ1n) is 5.14. The van der Waals surface area contributed by atoms with E-state index in [0.717, 1.165) is 0 Å². The first-order valence-corrected chi connectivity index (χ1v) is 6.79. The Morgan fingerprint density at radius 3 is 2.47 bits per heavy atom. The van der Waals surface area contributed by atoms with Crippen molar-refractivity contribution in [1.29, 1.82) is 0 Å². The Labute approximate surface area is 100 Å². The van der Waals surface area contributed by atoms with Crippen molar-refractivity contribution in [2.75, 3.05) is 18.9 Å². The number of sulfonamides is 1. The zero-order valence-corrected chi connectivity index (χ0v) is 10.6. The highest BCUT2D eigenvalue weighted by Gasteiger charge is 2.18. The third-order valence-corrected chi connectivity index (χ3v) is 3.19. The van der Waals surface area contributed by atoms with Gasteiger partial charge in [-0.15, -0.1) is 0 Å². The number of carboxylic acids is 1. The molecular weight excluding hydrogens is 250 g/mol. The number of carbonyl (C=O) groups excluding carboxylic acids is 1. The lowest BCUT2D eigenvalue weighted by atomic mass is 10.1. The highest BCUT2D eigenvalue weighted by atomic mass is 32.2. The van der Waals surface area contributed by atoms with Crippen LogP contribution in [0.1, 0.15) is 20.3 Å². The molecule has 0 saturated carbocycles. The summed E-state index contributed by atoms with van der Waals surface area (Å²) in [4.78, 5) is 21.4. The lowest BCUT2D eigenvalue weighted by Crippen LogP contribution is -2.32. The van der Waals surface area contributed by atoms with E-state index in [1.807, 2.05) is 0 Å². The van der Waals surface area contributed by atoms with Crippen molar-refractivity contribution in [3.63, 3.8) is 0 Å². The van der Waals surface area contributed by atoms with Gasteiger partial charge in [0.15, 0.2) is 5.75 Å². The number of hydrogen-bond donors (Lipinski definition) is 2. The predicted molar refractivity (Wildman–Crippen MR) is 59.8 cm³/mol. The summed E-state index contributed by atoms with van der Waals surface area (Å²) in [6, 6.07) is 0. The number of carboxylic acid groups (broad SMARTS) is 1. The number of hydrogen-bond acceptors (Lipinski definition) is 5. The average molecular weight is 267 g/mol. The Balaban J connectivity index is 4.02. The summed E-state index contributed by atoms with van der Waals surface area (Å²) in [6.07, 6.45) is 0.164. The predicted octanol–water partition coefficient (Wildman–Crippen LogP) is -0.420. The molecule has 0 saturated heterocycles. The van der Waals surface area contributed by atoms with Crippen LogP contribution in [0.15, 0.2) is 0 Å². The summed E-state index contributed by atoms with van der Waals surface area (Å²) in [7, 11) is -3.74. The largest absolute Gasteiger partial charge is 0.481 e. The van der Waals surface area contributed by atoms with Crippen LogP contribution in [0.25, 0.3) is 0 Å². The van der Waals surface area contributed by atoms with Gasteiger partial charge in [-0.1, -0.05) is 6.92 Å². The highest BCUT2D eigenvalue weighted by Crippen LogP contribution is 2.00. The maximum absolute atomic E-state index is 11.3. The first-order chi connectivity index (χ1) is 7.78. The summed E-state index contributed by atoms with van der Waals surface area (Å²) in [5.74, 6) is -3.20. The van der Waals surface area contributed by atoms with Crippen LogP contribution in [0, 0.1) is 5.92 Å². The third kappa shape index (κ3) is 7.70. The second-order valence-electron chi connectivity index (χ2n) is 3.49. The molecule has 0 aliphatic carbocycles. The lowest BCUT2D eigenvalue weighted by Gasteiger charge is -2.08. The van der Waals surface area contributed by atoms with Gasteiger partial charge in [-0.25, -0.2) is 13.1 Å². The molecule has 0 heterocycles. The van der Waals surface area contributed by atoms with E-state index in [4.69, 9.17) is 5.11 Å². The molecule has 100 valence electrons. The minimum absolute atomic E-state index is 0.0186. The fourth-order valence-electron chi connectivity index (χ4n) is 0.963. The van der Waals surface area contributed by atoms with Crippen LogP contribution >= 0.6 is 0 Å². The third-order valence-electron chi connectivity index (χ3n) is 1.93. The van der Waals surface area contributed by atoms with E-state index in [9.17, 15) is 18.0 Å². The van der Waals surface area contributed by atoms with E-state index in [2.05, 4.69) is 9.46 Å². The van der Waals surface area contributed by atoms with Gasteiger partial charge in [-0.3, -0.25) is 9.59 Å². The SMILES string of the molecule is CCOC(=O)CS(=O)(=O)NCCC(C)C(=O)O. The molecule has 0 aliphatic rings. The molecule has 0 bridgehead atoms. The van der Waals surface area contributed by atoms with Crippen molar-refractivity contribution in [3.8, 4) is 0 Å². The molecule has 0 aromatic heterocycles. The van der Waals surface area contributed by atoms with Gasteiger partial charge in [0.2, 0.25) is 10.0 Å². The minimum Gasteiger partial charge on any atom is -0.481 e. The standard InChI is InChI=1S/C9H17NO6S/c1-3-16-8(11)6-17(14,15)10-5-4-7(2)9(12)13/h7,10H,3-6H2,1-2H3,(H,12,13). The maximum Gasteiger partial charge on any atom is 0.322 e. The summed E-state index contributed by atoms with van der Waals surface area (Å²) < 4.78 is 29.2. The van der Waals surface area contributed by atoms with E-state index in [1.54, 1.807) is 6.92 Å². The molecule has 0 amide bonds. The highest BCUT2D eigenvalue weighted by molar-refractivity contribution is 7.90. The van der Waals surface area contributed by atoms with Crippen molar-refractivity contribution >= 4 is 22.0 Å². The number of ether oxygens (including phenoxy) is 1. The van der Waals surface area contributed by atoms with Gasteiger partial charge in [-0.2, -0.15) is 0 Å². The van der Waals surface area contributed by atoms with Crippen LogP contribution in [0.5, 0.6) is 0 Å². The van der Waals surface area contributed by atoms with Crippen LogP contribution in [0.3, 0.4) is 0 Å². The molecule has 7 nitrogen and oxygen atoms in total. The quantitative estimate of drug-likeness (QED) is 0.578. The van der Waals surface area contributed by atoms with Crippen LogP contribution in [0.4, 0.5) is 0 Å². The Morgan fingerprint density at radius 1 is 1.41 bits per heavy atom. The van der Waals surface area contributed by atoms with E-state index in [1.165, 1.54) is 6.92 Å². The smallest absolute Gasteiger partial charge is 0.322 e. The van der Waals surface area contributed by atoms with Gasteiger partial charge in [-0.05, 0) is 13.3 Å². The van der Waals surface area contributed by atoms with Crippen LogP contribution < -0.4 is 4.72 Å². The molecule has 8 heteroatoms. The average Bonchev–Trinajstić information content (AvgIpc) is 2.16. The summed E-state index contributed by atoms with van der Waals surface area (Å²) in [5, 5.41) is 8.58. The topological polar surface area (TPSA) is 110 Å². The summed E-state index contributed by atoms with van der Waals surface area (Å²) in [6.45, 7) is 3.15. The molecule has 0 radical (unpaired) electrons. The van der Waals surface area contributed by atoms with Crippen molar-refractivity contribution in [2.45, 2.75) is 20.3 Å². The molecule has 17 heavy (non-hydrogen) atoms. The fourth-order valence-corrected chi connectivity index (χ4v) is 1.89. The molecule has 0 aromatic rings. The summed E-state index contributed by atoms with van der Waals surface area (Å²) >= 11 is 0. The number of aliphatic carboxylic acids is 1. The monoisotopic (exact) mass is 267 g/mol. The Bertz CT molecular complexity index is 364. The van der Waals surface area contributed by atoms with E-state index < -0.39 is 33.6 Å². The number of carbonyl (C=O) groups is 2. The van der Waals surface area contributed by atoms with Gasteiger partial charge in [0.25, 0.3) is 0 Å². The van der Waals surface area contributed by atoms with E-state index in [-0.39, 0.29) is 19.6 Å². The Kier molecular flexibility index (Phi) is 6.74. The molecule has 0 rings (SSSR count). The van der Waals surface area contributed by atoms with Crippen LogP contribution in [0.2, 0.25) is 0 Å². The van der Waals surface area contributed by atoms with Crippen molar-refractivity contribution in [2.24, 2.45) is 5.92 Å². The molecule has 0 aliphatic heterocycles.